The van der Waals surface area contributed by atoms with Crippen LogP contribution in [0.15, 0.2) is 0 Å². The van der Waals surface area contributed by atoms with Crippen LogP contribution >= 0.6 is 23.5 Å². The Morgan fingerprint density at radius 2 is 2.27 bits per heavy atom. The van der Waals surface area contributed by atoms with E-state index in [1.165, 1.54) is 30.9 Å². The normalized spacial score (nSPS) is 28.1. The van der Waals surface area contributed by atoms with Gasteiger partial charge < -0.3 is 5.32 Å². The van der Waals surface area contributed by atoms with E-state index in [0.717, 1.165) is 6.04 Å². The Hall–Kier alpha value is 0.660. The third kappa shape index (κ3) is 1.87. The van der Waals surface area contributed by atoms with E-state index in [9.17, 15) is 0 Å². The molecule has 1 heterocycles. The van der Waals surface area contributed by atoms with Gasteiger partial charge in [0.05, 0.1) is 0 Å². The zero-order chi connectivity index (χ0) is 7.73. The van der Waals surface area contributed by atoms with Crippen molar-refractivity contribution >= 4 is 23.5 Å². The molecule has 2 rings (SSSR count). The Kier molecular flexibility index (Phi) is 2.40. The third-order valence-electron chi connectivity index (χ3n) is 2.59. The molecule has 1 saturated heterocycles. The zero-order valence-electron chi connectivity index (χ0n) is 6.93. The van der Waals surface area contributed by atoms with Gasteiger partial charge in [0.25, 0.3) is 0 Å². The van der Waals surface area contributed by atoms with Crippen molar-refractivity contribution in [3.05, 3.63) is 0 Å². The topological polar surface area (TPSA) is 12.0 Å². The van der Waals surface area contributed by atoms with Crippen molar-refractivity contribution in [2.45, 2.75) is 23.6 Å². The van der Waals surface area contributed by atoms with Crippen molar-refractivity contribution in [3.8, 4) is 0 Å². The monoisotopic (exact) mass is 189 g/mol. The smallest absolute Gasteiger partial charge is 0.0282 e. The summed E-state index contributed by atoms with van der Waals surface area (Å²) in [6.45, 7) is 1.25. The fraction of sp³-hybridized carbons (Fsp3) is 1.00. The predicted octanol–water partition coefficient (Wildman–Crippen LogP) is 1.59. The van der Waals surface area contributed by atoms with Crippen molar-refractivity contribution < 1.29 is 0 Å². The maximum atomic E-state index is 3.63. The molecule has 0 spiro atoms. The molecule has 0 unspecified atom stereocenters. The van der Waals surface area contributed by atoms with Gasteiger partial charge in [0.2, 0.25) is 0 Å². The van der Waals surface area contributed by atoms with Gasteiger partial charge in [0.15, 0.2) is 0 Å². The van der Waals surface area contributed by atoms with Crippen LogP contribution in [0.4, 0.5) is 0 Å². The highest BCUT2D eigenvalue weighted by atomic mass is 32.2. The van der Waals surface area contributed by atoms with E-state index < -0.39 is 0 Å². The minimum atomic E-state index is 0.653. The maximum Gasteiger partial charge on any atom is 0.0282 e. The first kappa shape index (κ1) is 8.27. The Labute approximate surface area is 77.1 Å². The quantitative estimate of drug-likeness (QED) is 0.721. The minimum absolute atomic E-state index is 0.653. The molecule has 3 heteroatoms. The van der Waals surface area contributed by atoms with Crippen molar-refractivity contribution in [1.29, 1.82) is 0 Å². The summed E-state index contributed by atoms with van der Waals surface area (Å²) < 4.78 is 0.653. The van der Waals surface area contributed by atoms with Gasteiger partial charge in [0.1, 0.15) is 0 Å². The molecule has 1 aliphatic carbocycles. The van der Waals surface area contributed by atoms with Crippen LogP contribution in [0.3, 0.4) is 0 Å². The van der Waals surface area contributed by atoms with E-state index in [2.05, 4.69) is 23.3 Å². The summed E-state index contributed by atoms with van der Waals surface area (Å²) in [7, 11) is 0. The number of hydrogen-bond acceptors (Lipinski definition) is 3. The zero-order valence-corrected chi connectivity index (χ0v) is 8.56. The summed E-state index contributed by atoms with van der Waals surface area (Å²) >= 11 is 4.10. The highest BCUT2D eigenvalue weighted by Crippen LogP contribution is 2.46. The molecule has 0 amide bonds. The van der Waals surface area contributed by atoms with Crippen molar-refractivity contribution in [1.82, 2.24) is 5.32 Å². The van der Waals surface area contributed by atoms with Crippen molar-refractivity contribution in [2.75, 3.05) is 24.3 Å². The first-order valence-corrected chi connectivity index (χ1v) is 6.59. The van der Waals surface area contributed by atoms with E-state index >= 15 is 0 Å². The van der Waals surface area contributed by atoms with E-state index in [4.69, 9.17) is 0 Å². The molecule has 1 N–H and O–H groups in total. The van der Waals surface area contributed by atoms with Crippen LogP contribution in [-0.4, -0.2) is 35.1 Å². The Morgan fingerprint density at radius 1 is 1.55 bits per heavy atom. The van der Waals surface area contributed by atoms with E-state index in [0.29, 0.717) is 4.75 Å². The van der Waals surface area contributed by atoms with E-state index in [1.807, 2.05) is 11.8 Å². The fourth-order valence-electron chi connectivity index (χ4n) is 1.28. The number of nitrogens with one attached hydrogen (secondary N) is 1. The lowest BCUT2D eigenvalue weighted by Crippen LogP contribution is -2.43. The molecule has 0 aromatic heterocycles. The van der Waals surface area contributed by atoms with E-state index in [1.54, 1.807) is 0 Å². The Balaban J connectivity index is 1.65. The second-order valence-corrected chi connectivity index (χ2v) is 5.85. The lowest BCUT2D eigenvalue weighted by Gasteiger charge is -2.27. The average molecular weight is 189 g/mol. The van der Waals surface area contributed by atoms with Crippen LogP contribution in [0.2, 0.25) is 0 Å². The van der Waals surface area contributed by atoms with Gasteiger partial charge in [-0.2, -0.15) is 23.5 Å². The molecule has 2 aliphatic rings. The highest BCUT2D eigenvalue weighted by Gasteiger charge is 2.42. The van der Waals surface area contributed by atoms with Gasteiger partial charge in [-0.15, -0.1) is 0 Å². The molecule has 0 atom stereocenters. The molecule has 1 saturated carbocycles. The molecule has 2 fully saturated rings. The van der Waals surface area contributed by atoms with Crippen LogP contribution in [0.1, 0.15) is 12.8 Å². The molecule has 0 radical (unpaired) electrons. The molecule has 0 aromatic carbocycles. The fourth-order valence-corrected chi connectivity index (χ4v) is 2.72. The molecule has 0 bridgehead atoms. The summed E-state index contributed by atoms with van der Waals surface area (Å²) in [5, 5.41) is 3.63. The van der Waals surface area contributed by atoms with Gasteiger partial charge in [-0.05, 0) is 19.1 Å². The summed E-state index contributed by atoms with van der Waals surface area (Å²) in [6, 6.07) is 0.838. The second-order valence-electron chi connectivity index (χ2n) is 3.50. The molecular weight excluding hydrogens is 174 g/mol. The van der Waals surface area contributed by atoms with Gasteiger partial charge in [-0.3, -0.25) is 0 Å². The number of hydrogen-bond donors (Lipinski definition) is 1. The van der Waals surface area contributed by atoms with E-state index in [-0.39, 0.29) is 0 Å². The lowest BCUT2D eigenvalue weighted by atomic mass is 10.3. The SMILES string of the molecule is CSC1(CNC2CSC2)CC1. The van der Waals surface area contributed by atoms with Crippen LogP contribution in [0, 0.1) is 0 Å². The highest BCUT2D eigenvalue weighted by molar-refractivity contribution is 8.00. The molecule has 64 valence electrons. The Morgan fingerprint density at radius 3 is 2.64 bits per heavy atom. The van der Waals surface area contributed by atoms with Crippen molar-refractivity contribution in [2.24, 2.45) is 0 Å². The minimum Gasteiger partial charge on any atom is -0.311 e. The standard InChI is InChI=1S/C8H15NS2/c1-10-8(2-3-8)6-9-7-4-11-5-7/h7,9H,2-6H2,1H3. The molecule has 11 heavy (non-hydrogen) atoms. The van der Waals surface area contributed by atoms with Crippen LogP contribution in [0.5, 0.6) is 0 Å². The molecular formula is C8H15NS2. The van der Waals surface area contributed by atoms with Crippen molar-refractivity contribution in [3.63, 3.8) is 0 Å². The second kappa shape index (κ2) is 3.19. The lowest BCUT2D eigenvalue weighted by molar-refractivity contribution is 0.571. The molecule has 0 aromatic rings. The maximum absolute atomic E-state index is 3.63. The first-order chi connectivity index (χ1) is 5.35. The summed E-state index contributed by atoms with van der Waals surface area (Å²) in [5.41, 5.74) is 0. The van der Waals surface area contributed by atoms with Gasteiger partial charge in [0, 0.05) is 28.8 Å². The van der Waals surface area contributed by atoms with Gasteiger partial charge in [-0.1, -0.05) is 0 Å². The summed E-state index contributed by atoms with van der Waals surface area (Å²) in [6.07, 6.45) is 5.10. The van der Waals surface area contributed by atoms with Gasteiger partial charge in [-0.25, -0.2) is 0 Å². The Bertz CT molecular complexity index is 141. The predicted molar refractivity (Wildman–Crippen MR) is 54.6 cm³/mol. The largest absolute Gasteiger partial charge is 0.311 e. The number of thioether (sulfide) groups is 2. The van der Waals surface area contributed by atoms with Gasteiger partial charge >= 0.3 is 0 Å². The average Bonchev–Trinajstić information content (AvgIpc) is 2.66. The van der Waals surface area contributed by atoms with Crippen LogP contribution < -0.4 is 5.32 Å². The molecule has 1 aliphatic heterocycles. The third-order valence-corrected chi connectivity index (χ3v) is 5.29. The first-order valence-electron chi connectivity index (χ1n) is 4.21. The van der Waals surface area contributed by atoms with Crippen LogP contribution in [0.25, 0.3) is 0 Å². The molecule has 1 nitrogen and oxygen atoms in total. The van der Waals surface area contributed by atoms with Crippen LogP contribution in [-0.2, 0) is 0 Å². The summed E-state index contributed by atoms with van der Waals surface area (Å²) in [4.78, 5) is 0. The summed E-state index contributed by atoms with van der Waals surface area (Å²) in [5.74, 6) is 2.68. The number of rotatable bonds is 4.